The highest BCUT2D eigenvalue weighted by Crippen LogP contribution is 2.32. The van der Waals surface area contributed by atoms with Gasteiger partial charge in [-0.05, 0) is 12.8 Å². The molecule has 1 saturated carbocycles. The van der Waals surface area contributed by atoms with Crippen LogP contribution in [-0.2, 0) is 23.1 Å². The van der Waals surface area contributed by atoms with Crippen LogP contribution in [0.5, 0.6) is 0 Å². The lowest BCUT2D eigenvalue weighted by Gasteiger charge is -2.38. The molecule has 5 heteroatoms. The van der Waals surface area contributed by atoms with Crippen LogP contribution in [0.15, 0.2) is 12.4 Å². The fourth-order valence-electron chi connectivity index (χ4n) is 3.23. The lowest BCUT2D eigenvalue weighted by Crippen LogP contribution is -2.51. The van der Waals surface area contributed by atoms with Crippen molar-refractivity contribution in [3.05, 3.63) is 18.0 Å². The Balaban J connectivity index is 1.69. The Kier molecular flexibility index (Phi) is 3.37. The Bertz CT molecular complexity index is 407. The van der Waals surface area contributed by atoms with Gasteiger partial charge in [0.25, 0.3) is 0 Å². The number of fused-ring (bicyclic) bond motifs is 1. The molecule has 0 radical (unpaired) electrons. The summed E-state index contributed by atoms with van der Waals surface area (Å²) >= 11 is 0. The SMILES string of the molecule is CO[C@H]1CC[C@@H]2[C@@H]1OCCN2Cc1cnn(C)c1. The molecule has 1 saturated heterocycles. The minimum Gasteiger partial charge on any atom is -0.379 e. The molecule has 1 aliphatic heterocycles. The van der Waals surface area contributed by atoms with Gasteiger partial charge in [-0.1, -0.05) is 0 Å². The molecule has 1 aromatic rings. The van der Waals surface area contributed by atoms with Crippen LogP contribution in [0, 0.1) is 0 Å². The van der Waals surface area contributed by atoms with Crippen molar-refractivity contribution in [2.75, 3.05) is 20.3 Å². The molecule has 0 aromatic carbocycles. The highest BCUT2D eigenvalue weighted by Gasteiger charge is 2.42. The van der Waals surface area contributed by atoms with E-state index < -0.39 is 0 Å². The minimum absolute atomic E-state index is 0.250. The zero-order valence-corrected chi connectivity index (χ0v) is 11.1. The number of aromatic nitrogens is 2. The number of morpholine rings is 1. The quantitative estimate of drug-likeness (QED) is 0.796. The average molecular weight is 251 g/mol. The lowest BCUT2D eigenvalue weighted by molar-refractivity contribution is -0.106. The number of hydrogen-bond donors (Lipinski definition) is 0. The predicted molar refractivity (Wildman–Crippen MR) is 67.2 cm³/mol. The van der Waals surface area contributed by atoms with Crippen LogP contribution >= 0.6 is 0 Å². The summed E-state index contributed by atoms with van der Waals surface area (Å²) in [6.45, 7) is 2.78. The van der Waals surface area contributed by atoms with Crippen molar-refractivity contribution in [1.82, 2.24) is 14.7 Å². The monoisotopic (exact) mass is 251 g/mol. The first-order valence-electron chi connectivity index (χ1n) is 6.64. The summed E-state index contributed by atoms with van der Waals surface area (Å²) in [6, 6.07) is 0.504. The van der Waals surface area contributed by atoms with Crippen molar-refractivity contribution in [3.8, 4) is 0 Å². The molecule has 5 nitrogen and oxygen atoms in total. The molecule has 0 bridgehead atoms. The van der Waals surface area contributed by atoms with E-state index >= 15 is 0 Å². The van der Waals surface area contributed by atoms with Crippen molar-refractivity contribution in [3.63, 3.8) is 0 Å². The van der Waals surface area contributed by atoms with E-state index in [0.717, 1.165) is 26.1 Å². The van der Waals surface area contributed by atoms with Crippen molar-refractivity contribution < 1.29 is 9.47 Å². The fraction of sp³-hybridized carbons (Fsp3) is 0.769. The van der Waals surface area contributed by atoms with Crippen molar-refractivity contribution in [1.29, 1.82) is 0 Å². The van der Waals surface area contributed by atoms with E-state index in [1.54, 1.807) is 7.11 Å². The van der Waals surface area contributed by atoms with E-state index in [4.69, 9.17) is 9.47 Å². The van der Waals surface area contributed by atoms with Gasteiger partial charge in [0, 0.05) is 45.0 Å². The van der Waals surface area contributed by atoms with E-state index in [1.165, 1.54) is 12.0 Å². The van der Waals surface area contributed by atoms with Crippen molar-refractivity contribution in [2.24, 2.45) is 7.05 Å². The standard InChI is InChI=1S/C13H21N3O2/c1-15-8-10(7-14-15)9-16-5-6-18-13-11(16)3-4-12(13)17-2/h7-8,11-13H,3-6,9H2,1-2H3/t11-,12+,13+/m1/s1. The summed E-state index contributed by atoms with van der Waals surface area (Å²) in [5, 5.41) is 4.23. The maximum atomic E-state index is 5.89. The van der Waals surface area contributed by atoms with Gasteiger partial charge in [0.2, 0.25) is 0 Å². The first kappa shape index (κ1) is 12.1. The number of ether oxygens (including phenoxy) is 2. The smallest absolute Gasteiger partial charge is 0.0991 e. The second kappa shape index (κ2) is 4.99. The lowest BCUT2D eigenvalue weighted by atomic mass is 10.1. The first-order chi connectivity index (χ1) is 8.78. The second-order valence-electron chi connectivity index (χ2n) is 5.25. The van der Waals surface area contributed by atoms with Gasteiger partial charge >= 0.3 is 0 Å². The zero-order valence-electron chi connectivity index (χ0n) is 11.1. The Morgan fingerprint density at radius 1 is 1.50 bits per heavy atom. The molecule has 3 atom stereocenters. The third-order valence-corrected chi connectivity index (χ3v) is 4.10. The molecule has 3 rings (SSSR count). The molecule has 0 N–H and O–H groups in total. The van der Waals surface area contributed by atoms with E-state index in [1.807, 2.05) is 17.9 Å². The van der Waals surface area contributed by atoms with Crippen LogP contribution in [0.1, 0.15) is 18.4 Å². The van der Waals surface area contributed by atoms with Gasteiger partial charge in [-0.15, -0.1) is 0 Å². The molecule has 100 valence electrons. The summed E-state index contributed by atoms with van der Waals surface area (Å²) in [4.78, 5) is 2.52. The van der Waals surface area contributed by atoms with Gasteiger partial charge in [-0.25, -0.2) is 0 Å². The predicted octanol–water partition coefficient (Wildman–Crippen LogP) is 0.798. The van der Waals surface area contributed by atoms with E-state index in [9.17, 15) is 0 Å². The minimum atomic E-state index is 0.250. The largest absolute Gasteiger partial charge is 0.379 e. The van der Waals surface area contributed by atoms with E-state index in [2.05, 4.69) is 16.2 Å². The van der Waals surface area contributed by atoms with Gasteiger partial charge in [-0.2, -0.15) is 5.10 Å². The number of methoxy groups -OCH3 is 1. The Hall–Kier alpha value is -0.910. The molecule has 0 unspecified atom stereocenters. The Morgan fingerprint density at radius 2 is 2.39 bits per heavy atom. The molecule has 0 amide bonds. The molecule has 1 aromatic heterocycles. The van der Waals surface area contributed by atoms with Gasteiger partial charge in [0.1, 0.15) is 0 Å². The van der Waals surface area contributed by atoms with Crippen LogP contribution in [0.2, 0.25) is 0 Å². The summed E-state index contributed by atoms with van der Waals surface area (Å²) in [5.74, 6) is 0. The molecule has 18 heavy (non-hydrogen) atoms. The highest BCUT2D eigenvalue weighted by molar-refractivity contribution is 5.06. The summed E-state index contributed by atoms with van der Waals surface area (Å²) in [6.07, 6.45) is 6.84. The van der Waals surface area contributed by atoms with Gasteiger partial charge in [-0.3, -0.25) is 9.58 Å². The van der Waals surface area contributed by atoms with Crippen LogP contribution in [0.4, 0.5) is 0 Å². The normalized spacial score (nSPS) is 32.7. The molecule has 2 aliphatic rings. The van der Waals surface area contributed by atoms with Gasteiger partial charge < -0.3 is 9.47 Å². The highest BCUT2D eigenvalue weighted by atomic mass is 16.5. The van der Waals surface area contributed by atoms with E-state index in [-0.39, 0.29) is 12.2 Å². The van der Waals surface area contributed by atoms with Crippen LogP contribution < -0.4 is 0 Å². The summed E-state index contributed by atoms with van der Waals surface area (Å²) in [5.41, 5.74) is 1.28. The molecular weight excluding hydrogens is 230 g/mol. The van der Waals surface area contributed by atoms with E-state index in [0.29, 0.717) is 6.04 Å². The first-order valence-corrected chi connectivity index (χ1v) is 6.64. The number of rotatable bonds is 3. The second-order valence-corrected chi connectivity index (χ2v) is 5.25. The molecule has 0 spiro atoms. The fourth-order valence-corrected chi connectivity index (χ4v) is 3.23. The van der Waals surface area contributed by atoms with Crippen molar-refractivity contribution in [2.45, 2.75) is 37.6 Å². The maximum Gasteiger partial charge on any atom is 0.0991 e. The third kappa shape index (κ3) is 2.18. The van der Waals surface area contributed by atoms with Crippen LogP contribution in [0.25, 0.3) is 0 Å². The van der Waals surface area contributed by atoms with Crippen molar-refractivity contribution >= 4 is 0 Å². The topological polar surface area (TPSA) is 39.5 Å². The zero-order chi connectivity index (χ0) is 12.5. The number of nitrogens with zero attached hydrogens (tertiary/aromatic N) is 3. The maximum absolute atomic E-state index is 5.89. The number of aryl methyl sites for hydroxylation is 1. The third-order valence-electron chi connectivity index (χ3n) is 4.10. The summed E-state index contributed by atoms with van der Waals surface area (Å²) < 4.78 is 13.3. The molecular formula is C13H21N3O2. The molecule has 2 fully saturated rings. The Labute approximate surface area is 108 Å². The summed E-state index contributed by atoms with van der Waals surface area (Å²) in [7, 11) is 3.75. The molecule has 2 heterocycles. The van der Waals surface area contributed by atoms with Crippen LogP contribution in [0.3, 0.4) is 0 Å². The van der Waals surface area contributed by atoms with Crippen LogP contribution in [-0.4, -0.2) is 53.2 Å². The average Bonchev–Trinajstić information content (AvgIpc) is 2.96. The molecule has 1 aliphatic carbocycles. The van der Waals surface area contributed by atoms with Gasteiger partial charge in [0.05, 0.1) is 25.0 Å². The Morgan fingerprint density at radius 3 is 3.11 bits per heavy atom. The number of hydrogen-bond acceptors (Lipinski definition) is 4. The van der Waals surface area contributed by atoms with Gasteiger partial charge in [0.15, 0.2) is 0 Å².